The Hall–Kier alpha value is -0.820. The highest BCUT2D eigenvalue weighted by Crippen LogP contribution is 2.25. The summed E-state index contributed by atoms with van der Waals surface area (Å²) >= 11 is 0. The summed E-state index contributed by atoms with van der Waals surface area (Å²) in [5.74, 6) is 0.634. The Labute approximate surface area is 79.7 Å². The third kappa shape index (κ3) is 2.10. The smallest absolute Gasteiger partial charge is 0.0534 e. The SMILES string of the molecule is Cc1ccc(C2CCCOC2)cc1. The van der Waals surface area contributed by atoms with Crippen LogP contribution in [0.15, 0.2) is 24.3 Å². The Morgan fingerprint density at radius 3 is 2.62 bits per heavy atom. The van der Waals surface area contributed by atoms with Gasteiger partial charge in [-0.3, -0.25) is 0 Å². The van der Waals surface area contributed by atoms with Crippen LogP contribution in [0.1, 0.15) is 29.9 Å². The first kappa shape index (κ1) is 8.76. The topological polar surface area (TPSA) is 9.23 Å². The summed E-state index contributed by atoms with van der Waals surface area (Å²) in [5.41, 5.74) is 2.77. The molecule has 1 saturated heterocycles. The molecule has 1 fully saturated rings. The molecule has 0 spiro atoms. The first-order valence-corrected chi connectivity index (χ1v) is 5.00. The molecular formula is C12H16O. The maximum absolute atomic E-state index is 5.47. The first-order chi connectivity index (χ1) is 6.36. The molecule has 2 rings (SSSR count). The molecule has 0 saturated carbocycles. The molecule has 1 atom stereocenters. The lowest BCUT2D eigenvalue weighted by Crippen LogP contribution is -2.15. The van der Waals surface area contributed by atoms with E-state index in [0.717, 1.165) is 13.2 Å². The average molecular weight is 176 g/mol. The molecule has 1 aromatic rings. The van der Waals surface area contributed by atoms with Crippen molar-refractivity contribution in [1.82, 2.24) is 0 Å². The Bertz CT molecular complexity index is 257. The quantitative estimate of drug-likeness (QED) is 0.639. The number of ether oxygens (including phenoxy) is 1. The molecule has 70 valence electrons. The van der Waals surface area contributed by atoms with Crippen LogP contribution in [0.4, 0.5) is 0 Å². The lowest BCUT2D eigenvalue weighted by atomic mass is 9.93. The summed E-state index contributed by atoms with van der Waals surface area (Å²) in [7, 11) is 0. The van der Waals surface area contributed by atoms with Gasteiger partial charge in [0, 0.05) is 12.5 Å². The van der Waals surface area contributed by atoms with Crippen LogP contribution in [0.5, 0.6) is 0 Å². The second-order valence-corrected chi connectivity index (χ2v) is 3.82. The van der Waals surface area contributed by atoms with E-state index in [1.54, 1.807) is 0 Å². The molecule has 0 radical (unpaired) electrons. The predicted octanol–water partition coefficient (Wildman–Crippen LogP) is 2.89. The fourth-order valence-electron chi connectivity index (χ4n) is 1.84. The zero-order valence-electron chi connectivity index (χ0n) is 8.12. The van der Waals surface area contributed by atoms with E-state index in [4.69, 9.17) is 4.74 Å². The summed E-state index contributed by atoms with van der Waals surface area (Å²) in [4.78, 5) is 0. The summed E-state index contributed by atoms with van der Waals surface area (Å²) in [6.07, 6.45) is 2.49. The van der Waals surface area contributed by atoms with Crippen LogP contribution >= 0.6 is 0 Å². The number of benzene rings is 1. The highest BCUT2D eigenvalue weighted by Gasteiger charge is 2.15. The lowest BCUT2D eigenvalue weighted by molar-refractivity contribution is 0.0804. The molecule has 0 aromatic heterocycles. The fourth-order valence-corrected chi connectivity index (χ4v) is 1.84. The van der Waals surface area contributed by atoms with E-state index in [9.17, 15) is 0 Å². The molecule has 1 nitrogen and oxygen atoms in total. The fraction of sp³-hybridized carbons (Fsp3) is 0.500. The van der Waals surface area contributed by atoms with E-state index in [-0.39, 0.29) is 0 Å². The van der Waals surface area contributed by atoms with Crippen LogP contribution in [0, 0.1) is 6.92 Å². The molecule has 13 heavy (non-hydrogen) atoms. The number of hydrogen-bond acceptors (Lipinski definition) is 1. The normalized spacial score (nSPS) is 23.0. The van der Waals surface area contributed by atoms with Crippen LogP contribution in [-0.4, -0.2) is 13.2 Å². The molecule has 0 amide bonds. The van der Waals surface area contributed by atoms with Gasteiger partial charge in [-0.1, -0.05) is 29.8 Å². The molecule has 0 aliphatic carbocycles. The van der Waals surface area contributed by atoms with Gasteiger partial charge in [0.15, 0.2) is 0 Å². The molecule has 0 bridgehead atoms. The average Bonchev–Trinajstić information content (AvgIpc) is 2.20. The lowest BCUT2D eigenvalue weighted by Gasteiger charge is -2.22. The maximum Gasteiger partial charge on any atom is 0.0534 e. The van der Waals surface area contributed by atoms with E-state index in [2.05, 4.69) is 31.2 Å². The summed E-state index contributed by atoms with van der Waals surface area (Å²) < 4.78 is 5.47. The van der Waals surface area contributed by atoms with Crippen molar-refractivity contribution in [2.45, 2.75) is 25.7 Å². The third-order valence-electron chi connectivity index (χ3n) is 2.71. The van der Waals surface area contributed by atoms with E-state index >= 15 is 0 Å². The molecule has 1 heterocycles. The maximum atomic E-state index is 5.47. The number of hydrogen-bond donors (Lipinski definition) is 0. The molecule has 1 aromatic carbocycles. The van der Waals surface area contributed by atoms with Crippen LogP contribution in [0.2, 0.25) is 0 Å². The summed E-state index contributed by atoms with van der Waals surface area (Å²) in [6.45, 7) is 3.98. The van der Waals surface area contributed by atoms with Gasteiger partial charge in [-0.05, 0) is 25.3 Å². The van der Waals surface area contributed by atoms with Gasteiger partial charge in [-0.2, -0.15) is 0 Å². The van der Waals surface area contributed by atoms with Gasteiger partial charge in [0.1, 0.15) is 0 Å². The zero-order valence-corrected chi connectivity index (χ0v) is 8.12. The Balaban J connectivity index is 2.10. The molecule has 1 heteroatoms. The van der Waals surface area contributed by atoms with Crippen molar-refractivity contribution in [2.24, 2.45) is 0 Å². The molecule has 1 aliphatic heterocycles. The Kier molecular flexibility index (Phi) is 2.65. The molecule has 1 aliphatic rings. The van der Waals surface area contributed by atoms with Crippen molar-refractivity contribution in [2.75, 3.05) is 13.2 Å². The predicted molar refractivity (Wildman–Crippen MR) is 54.0 cm³/mol. The third-order valence-corrected chi connectivity index (χ3v) is 2.71. The van der Waals surface area contributed by atoms with Crippen molar-refractivity contribution in [3.8, 4) is 0 Å². The van der Waals surface area contributed by atoms with Crippen LogP contribution in [0.3, 0.4) is 0 Å². The Morgan fingerprint density at radius 2 is 2.00 bits per heavy atom. The second-order valence-electron chi connectivity index (χ2n) is 3.82. The summed E-state index contributed by atoms with van der Waals surface area (Å²) in [5, 5.41) is 0. The highest BCUT2D eigenvalue weighted by molar-refractivity contribution is 5.24. The number of rotatable bonds is 1. The molecule has 1 unspecified atom stereocenters. The van der Waals surface area contributed by atoms with Gasteiger partial charge < -0.3 is 4.74 Å². The van der Waals surface area contributed by atoms with Crippen molar-refractivity contribution in [3.63, 3.8) is 0 Å². The van der Waals surface area contributed by atoms with Crippen molar-refractivity contribution in [1.29, 1.82) is 0 Å². The number of aryl methyl sites for hydroxylation is 1. The monoisotopic (exact) mass is 176 g/mol. The van der Waals surface area contributed by atoms with Crippen molar-refractivity contribution < 1.29 is 4.74 Å². The van der Waals surface area contributed by atoms with Crippen molar-refractivity contribution in [3.05, 3.63) is 35.4 Å². The van der Waals surface area contributed by atoms with Crippen LogP contribution < -0.4 is 0 Å². The molecular weight excluding hydrogens is 160 g/mol. The van der Waals surface area contributed by atoms with E-state index in [1.807, 2.05) is 0 Å². The van der Waals surface area contributed by atoms with E-state index in [0.29, 0.717) is 5.92 Å². The van der Waals surface area contributed by atoms with Gasteiger partial charge in [0.25, 0.3) is 0 Å². The standard InChI is InChI=1S/C12H16O/c1-10-4-6-11(7-5-10)12-3-2-8-13-9-12/h4-7,12H,2-3,8-9H2,1H3. The largest absolute Gasteiger partial charge is 0.381 e. The van der Waals surface area contributed by atoms with Gasteiger partial charge in [0.05, 0.1) is 6.61 Å². The summed E-state index contributed by atoms with van der Waals surface area (Å²) in [6, 6.07) is 8.83. The van der Waals surface area contributed by atoms with Gasteiger partial charge in [-0.15, -0.1) is 0 Å². The van der Waals surface area contributed by atoms with Crippen LogP contribution in [-0.2, 0) is 4.74 Å². The minimum absolute atomic E-state index is 0.634. The van der Waals surface area contributed by atoms with Gasteiger partial charge in [0.2, 0.25) is 0 Å². The minimum atomic E-state index is 0.634. The molecule has 0 N–H and O–H groups in total. The van der Waals surface area contributed by atoms with Gasteiger partial charge >= 0.3 is 0 Å². The van der Waals surface area contributed by atoms with E-state index < -0.39 is 0 Å². The first-order valence-electron chi connectivity index (χ1n) is 5.00. The van der Waals surface area contributed by atoms with Gasteiger partial charge in [-0.25, -0.2) is 0 Å². The van der Waals surface area contributed by atoms with E-state index in [1.165, 1.54) is 24.0 Å². The minimum Gasteiger partial charge on any atom is -0.381 e. The Morgan fingerprint density at radius 1 is 1.23 bits per heavy atom. The highest BCUT2D eigenvalue weighted by atomic mass is 16.5. The second kappa shape index (κ2) is 3.93. The van der Waals surface area contributed by atoms with Crippen molar-refractivity contribution >= 4 is 0 Å². The van der Waals surface area contributed by atoms with Crippen LogP contribution in [0.25, 0.3) is 0 Å². The zero-order chi connectivity index (χ0) is 9.10.